The third-order valence-electron chi connectivity index (χ3n) is 4.19. The minimum atomic E-state index is -3.63. The lowest BCUT2D eigenvalue weighted by Gasteiger charge is -2.45. The Morgan fingerprint density at radius 2 is 2.17 bits per heavy atom. The molecule has 0 radical (unpaired) electrons. The highest BCUT2D eigenvalue weighted by Crippen LogP contribution is 2.25. The highest BCUT2D eigenvalue weighted by Gasteiger charge is 2.46. The summed E-state index contributed by atoms with van der Waals surface area (Å²) < 4.78 is 45.5. The first kappa shape index (κ1) is 22.4. The Bertz CT molecular complexity index is 1040. The van der Waals surface area contributed by atoms with Crippen molar-refractivity contribution in [3.63, 3.8) is 0 Å². The van der Waals surface area contributed by atoms with Crippen molar-refractivity contribution in [1.29, 1.82) is 0 Å². The van der Waals surface area contributed by atoms with Crippen LogP contribution in [-0.2, 0) is 10.2 Å². The van der Waals surface area contributed by atoms with Gasteiger partial charge in [0.2, 0.25) is 11.7 Å². The first-order valence-electron chi connectivity index (χ1n) is 8.65. The molecule has 1 aliphatic rings. The second-order valence-electron chi connectivity index (χ2n) is 6.51. The second-order valence-corrected chi connectivity index (χ2v) is 9.12. The molecule has 1 aromatic carbocycles. The predicted molar refractivity (Wildman–Crippen MR) is 108 cm³/mol. The molecule has 1 fully saturated rings. The molecule has 2 heterocycles. The molecule has 3 rings (SSSR count). The molecule has 1 aliphatic heterocycles. The first-order valence-corrected chi connectivity index (χ1v) is 10.9. The monoisotopic (exact) mass is 507 g/mol. The molecule has 0 bridgehead atoms. The van der Waals surface area contributed by atoms with Crippen LogP contribution >= 0.6 is 15.9 Å². The Balaban J connectivity index is 1.64. The summed E-state index contributed by atoms with van der Waals surface area (Å²) in [6.45, 7) is 1.61. The minimum Gasteiger partial charge on any atom is -0.409 e. The maximum atomic E-state index is 13.4. The Kier molecular flexibility index (Phi) is 6.56. The number of halogens is 2. The van der Waals surface area contributed by atoms with Crippen LogP contribution in [0, 0.1) is 5.82 Å². The number of anilines is 2. The largest absolute Gasteiger partial charge is 0.409 e. The van der Waals surface area contributed by atoms with Gasteiger partial charge < -0.3 is 20.9 Å². The van der Waals surface area contributed by atoms with E-state index in [-0.39, 0.29) is 48.0 Å². The zero-order valence-electron chi connectivity index (χ0n) is 15.6. The zero-order chi connectivity index (χ0) is 21.9. The van der Waals surface area contributed by atoms with Crippen LogP contribution in [-0.4, -0.2) is 71.0 Å². The van der Waals surface area contributed by atoms with E-state index in [1.165, 1.54) is 18.2 Å². The number of hydrogen-bond acceptors (Lipinski definition) is 9. The molecule has 30 heavy (non-hydrogen) atoms. The maximum absolute atomic E-state index is 13.4. The average molecular weight is 508 g/mol. The van der Waals surface area contributed by atoms with Gasteiger partial charge >= 0.3 is 0 Å². The lowest BCUT2D eigenvalue weighted by Crippen LogP contribution is -2.67. The van der Waals surface area contributed by atoms with Crippen molar-refractivity contribution < 1.29 is 27.8 Å². The molecule has 0 saturated carbocycles. The molecule has 1 aromatic heterocycles. The van der Waals surface area contributed by atoms with Gasteiger partial charge in [0.05, 0.1) is 4.47 Å². The summed E-state index contributed by atoms with van der Waals surface area (Å²) in [5.74, 6) is -0.556. The molecule has 1 saturated heterocycles. The molecule has 0 unspecified atom stereocenters. The number of amidine groups is 1. The topological polar surface area (TPSA) is 165 Å². The molecule has 0 amide bonds. The molecule has 164 valence electrons. The van der Waals surface area contributed by atoms with Gasteiger partial charge in [-0.15, -0.1) is 0 Å². The number of nitrogens with one attached hydrogen (secondary N) is 3. The summed E-state index contributed by atoms with van der Waals surface area (Å²) in [5, 5.41) is 35.8. The van der Waals surface area contributed by atoms with E-state index in [0.717, 1.165) is 4.31 Å². The van der Waals surface area contributed by atoms with E-state index >= 15 is 0 Å². The van der Waals surface area contributed by atoms with E-state index in [1.54, 1.807) is 6.92 Å². The van der Waals surface area contributed by atoms with Crippen molar-refractivity contribution in [2.45, 2.75) is 12.5 Å². The van der Waals surface area contributed by atoms with Gasteiger partial charge in [-0.1, -0.05) is 12.1 Å². The fraction of sp³-hybridized carbons (Fsp3) is 0.400. The molecular weight excluding hydrogens is 489 g/mol. The Morgan fingerprint density at radius 3 is 2.80 bits per heavy atom. The summed E-state index contributed by atoms with van der Waals surface area (Å²) in [7, 11) is -3.63. The maximum Gasteiger partial charge on any atom is 0.279 e. The normalized spacial score (nSPS) is 16.9. The van der Waals surface area contributed by atoms with Crippen molar-refractivity contribution in [3.8, 4) is 0 Å². The average Bonchev–Trinajstić information content (AvgIpc) is 3.13. The number of nitrogens with zero attached hydrogens (tertiary/aromatic N) is 4. The third-order valence-corrected chi connectivity index (χ3v) is 6.39. The van der Waals surface area contributed by atoms with Crippen molar-refractivity contribution >= 4 is 43.5 Å². The van der Waals surface area contributed by atoms with Gasteiger partial charge in [-0.05, 0) is 44.4 Å². The second kappa shape index (κ2) is 8.81. The Morgan fingerprint density at radius 1 is 1.43 bits per heavy atom. The molecule has 2 aromatic rings. The van der Waals surface area contributed by atoms with Crippen molar-refractivity contribution in [2.75, 3.05) is 36.8 Å². The van der Waals surface area contributed by atoms with Crippen LogP contribution in [0.3, 0.4) is 0 Å². The summed E-state index contributed by atoms with van der Waals surface area (Å²) in [4.78, 5) is 0. The molecule has 0 aliphatic carbocycles. The number of rotatable bonds is 8. The van der Waals surface area contributed by atoms with Gasteiger partial charge in [0, 0.05) is 31.9 Å². The number of β-amino-alcohol motifs (C(OH)–C–C–N with tert-alkyl or cyclic N) is 1. The van der Waals surface area contributed by atoms with Gasteiger partial charge in [0.15, 0.2) is 5.69 Å². The van der Waals surface area contributed by atoms with E-state index in [4.69, 9.17) is 0 Å². The SMILES string of the molecule is CCNS(=O)(=O)N1CC(O)(CNc2nonc2/C(=N/O)Nc2ccc(F)c(Br)c2)C1. The molecule has 12 nitrogen and oxygen atoms in total. The zero-order valence-corrected chi connectivity index (χ0v) is 18.0. The molecule has 5 N–H and O–H groups in total. The van der Waals surface area contributed by atoms with Gasteiger partial charge in [-0.2, -0.15) is 12.7 Å². The van der Waals surface area contributed by atoms with Crippen molar-refractivity contribution in [1.82, 2.24) is 19.3 Å². The molecule has 15 heteroatoms. The first-order chi connectivity index (χ1) is 14.2. The molecular formula is C15H19BrFN7O5S. The van der Waals surface area contributed by atoms with Crippen LogP contribution < -0.4 is 15.4 Å². The summed E-state index contributed by atoms with van der Waals surface area (Å²) >= 11 is 3.06. The number of aliphatic hydroxyl groups is 1. The van der Waals surface area contributed by atoms with Crippen molar-refractivity contribution in [2.24, 2.45) is 5.16 Å². The van der Waals surface area contributed by atoms with Gasteiger partial charge in [-0.3, -0.25) is 0 Å². The van der Waals surface area contributed by atoms with E-state index in [9.17, 15) is 23.1 Å². The predicted octanol–water partition coefficient (Wildman–Crippen LogP) is 0.532. The number of aromatic nitrogens is 2. The van der Waals surface area contributed by atoms with Crippen LogP contribution in [0.2, 0.25) is 0 Å². The summed E-state index contributed by atoms with van der Waals surface area (Å²) in [6.07, 6.45) is 0. The smallest absolute Gasteiger partial charge is 0.279 e. The van der Waals surface area contributed by atoms with Gasteiger partial charge in [-0.25, -0.2) is 13.7 Å². The highest BCUT2D eigenvalue weighted by atomic mass is 79.9. The van der Waals surface area contributed by atoms with Crippen LogP contribution in [0.25, 0.3) is 0 Å². The van der Waals surface area contributed by atoms with E-state index in [1.807, 2.05) is 0 Å². The quantitative estimate of drug-likeness (QED) is 0.148. The van der Waals surface area contributed by atoms with Crippen LogP contribution in [0.5, 0.6) is 0 Å². The number of oxime groups is 1. The third kappa shape index (κ3) is 4.86. The van der Waals surface area contributed by atoms with Gasteiger partial charge in [0.25, 0.3) is 10.2 Å². The van der Waals surface area contributed by atoms with Crippen molar-refractivity contribution in [3.05, 3.63) is 34.2 Å². The fourth-order valence-corrected chi connectivity index (χ4v) is 4.46. The van der Waals surface area contributed by atoms with E-state index < -0.39 is 21.6 Å². The lowest BCUT2D eigenvalue weighted by molar-refractivity contribution is -0.0479. The van der Waals surface area contributed by atoms with Crippen LogP contribution in [0.1, 0.15) is 12.6 Å². The minimum absolute atomic E-state index is 0.00185. The van der Waals surface area contributed by atoms with Gasteiger partial charge in [0.1, 0.15) is 11.4 Å². The summed E-state index contributed by atoms with van der Waals surface area (Å²) in [5.41, 5.74) is -0.935. The highest BCUT2D eigenvalue weighted by molar-refractivity contribution is 9.10. The number of benzene rings is 1. The van der Waals surface area contributed by atoms with Crippen LogP contribution in [0.15, 0.2) is 32.5 Å². The fourth-order valence-electron chi connectivity index (χ4n) is 2.72. The number of hydrogen-bond donors (Lipinski definition) is 5. The Hall–Kier alpha value is -2.33. The summed E-state index contributed by atoms with van der Waals surface area (Å²) in [6, 6.07) is 4.06. The standard InChI is InChI=1S/C15H19BrFN7O5S/c1-2-19-30(27,28)24-7-15(25,8-24)6-18-13-12(22-29-23-13)14(21-26)20-9-3-4-11(17)10(16)5-9/h3-5,19,25-26H,2,6-8H2,1H3,(H,18,23)(H,20,21). The lowest BCUT2D eigenvalue weighted by atomic mass is 9.97. The van der Waals surface area contributed by atoms with E-state index in [0.29, 0.717) is 5.69 Å². The van der Waals surface area contributed by atoms with Crippen LogP contribution in [0.4, 0.5) is 15.9 Å². The Labute approximate surface area is 179 Å². The molecule has 0 spiro atoms. The molecule has 0 atom stereocenters. The van der Waals surface area contributed by atoms with E-state index in [2.05, 4.69) is 51.4 Å².